The van der Waals surface area contributed by atoms with E-state index in [0.717, 1.165) is 5.56 Å². The van der Waals surface area contributed by atoms with Crippen molar-refractivity contribution in [2.24, 2.45) is 11.7 Å². The molecule has 0 spiro atoms. The van der Waals surface area contributed by atoms with Crippen molar-refractivity contribution in [2.45, 2.75) is 0 Å². The van der Waals surface area contributed by atoms with Gasteiger partial charge in [0, 0.05) is 6.08 Å². The molecule has 5 nitrogen and oxygen atoms in total. The highest BCUT2D eigenvalue weighted by Gasteiger charge is 2.21. The summed E-state index contributed by atoms with van der Waals surface area (Å²) in [6.45, 7) is 0. The number of hydrazine groups is 1. The maximum atomic E-state index is 11.2. The standard InChI is InChI=1S/C10H7NO2.H4N2/c12-9-6-8(10(13)11-9)7-4-2-1-3-5-7;1-2/h1-6H,(H,11,12,13);1-2H2. The van der Waals surface area contributed by atoms with Crippen molar-refractivity contribution >= 4 is 17.4 Å². The first-order valence-electron chi connectivity index (χ1n) is 4.23. The first-order valence-corrected chi connectivity index (χ1v) is 4.23. The molecule has 1 aromatic carbocycles. The van der Waals surface area contributed by atoms with Crippen LogP contribution in [0.4, 0.5) is 0 Å². The Kier molecular flexibility index (Phi) is 3.73. The van der Waals surface area contributed by atoms with Gasteiger partial charge in [-0.25, -0.2) is 0 Å². The monoisotopic (exact) mass is 205 g/mol. The van der Waals surface area contributed by atoms with Crippen LogP contribution in [0.1, 0.15) is 5.56 Å². The maximum Gasteiger partial charge on any atom is 0.258 e. The van der Waals surface area contributed by atoms with Gasteiger partial charge in [-0.05, 0) is 5.56 Å². The number of rotatable bonds is 1. The van der Waals surface area contributed by atoms with Crippen LogP contribution in [0.2, 0.25) is 0 Å². The third-order valence-corrected chi connectivity index (χ3v) is 1.84. The minimum Gasteiger partial charge on any atom is -0.289 e. The van der Waals surface area contributed by atoms with Gasteiger partial charge in [0.05, 0.1) is 5.57 Å². The van der Waals surface area contributed by atoms with Gasteiger partial charge in [-0.3, -0.25) is 26.6 Å². The van der Waals surface area contributed by atoms with Gasteiger partial charge in [-0.15, -0.1) is 0 Å². The highest BCUT2D eigenvalue weighted by Crippen LogP contribution is 2.16. The van der Waals surface area contributed by atoms with Crippen LogP contribution in [0, 0.1) is 0 Å². The Balaban J connectivity index is 0.000000531. The molecule has 0 fully saturated rings. The molecule has 0 saturated carbocycles. The molecule has 78 valence electrons. The Morgan fingerprint density at radius 3 is 2.07 bits per heavy atom. The highest BCUT2D eigenvalue weighted by molar-refractivity contribution is 6.33. The third-order valence-electron chi connectivity index (χ3n) is 1.84. The Labute approximate surface area is 86.7 Å². The lowest BCUT2D eigenvalue weighted by atomic mass is 10.1. The van der Waals surface area contributed by atoms with E-state index in [1.54, 1.807) is 12.1 Å². The predicted octanol–water partition coefficient (Wildman–Crippen LogP) is -0.455. The number of carbonyl (C=O) groups excluding carboxylic acids is 2. The SMILES string of the molecule is NN.O=C1C=C(c2ccccc2)C(=O)N1. The van der Waals surface area contributed by atoms with Crippen LogP contribution in [0.3, 0.4) is 0 Å². The van der Waals surface area contributed by atoms with Crippen LogP contribution in [-0.4, -0.2) is 11.8 Å². The summed E-state index contributed by atoms with van der Waals surface area (Å²) in [4.78, 5) is 22.0. The van der Waals surface area contributed by atoms with Crippen molar-refractivity contribution in [1.82, 2.24) is 5.32 Å². The first-order chi connectivity index (χ1) is 7.27. The van der Waals surface area contributed by atoms with E-state index < -0.39 is 0 Å². The van der Waals surface area contributed by atoms with Gasteiger partial charge in [0.2, 0.25) is 0 Å². The van der Waals surface area contributed by atoms with Gasteiger partial charge in [-0.1, -0.05) is 30.3 Å². The van der Waals surface area contributed by atoms with Crippen LogP contribution in [0.5, 0.6) is 0 Å². The zero-order valence-electron chi connectivity index (χ0n) is 7.94. The van der Waals surface area contributed by atoms with E-state index in [9.17, 15) is 9.59 Å². The molecule has 15 heavy (non-hydrogen) atoms. The minimum absolute atomic E-state index is 0.323. The summed E-state index contributed by atoms with van der Waals surface area (Å²) in [5.74, 6) is 7.33. The van der Waals surface area contributed by atoms with E-state index >= 15 is 0 Å². The molecule has 0 atom stereocenters. The van der Waals surface area contributed by atoms with Crippen molar-refractivity contribution in [3.63, 3.8) is 0 Å². The second-order valence-corrected chi connectivity index (χ2v) is 2.74. The molecule has 1 aromatic rings. The van der Waals surface area contributed by atoms with Crippen molar-refractivity contribution in [1.29, 1.82) is 0 Å². The van der Waals surface area contributed by atoms with E-state index in [0.29, 0.717) is 5.57 Å². The molecule has 0 bridgehead atoms. The van der Waals surface area contributed by atoms with Crippen molar-refractivity contribution in [3.05, 3.63) is 42.0 Å². The number of hydrogen-bond donors (Lipinski definition) is 3. The smallest absolute Gasteiger partial charge is 0.258 e. The number of nitrogens with two attached hydrogens (primary N) is 2. The number of carbonyl (C=O) groups is 2. The molecule has 5 N–H and O–H groups in total. The topological polar surface area (TPSA) is 98.2 Å². The molecular weight excluding hydrogens is 194 g/mol. The number of imide groups is 1. The largest absolute Gasteiger partial charge is 0.289 e. The molecule has 0 radical (unpaired) electrons. The summed E-state index contributed by atoms with van der Waals surface area (Å²) in [6, 6.07) is 9.10. The number of hydrogen-bond acceptors (Lipinski definition) is 4. The van der Waals surface area contributed by atoms with Gasteiger partial charge in [0.1, 0.15) is 0 Å². The molecule has 0 unspecified atom stereocenters. The fourth-order valence-electron chi connectivity index (χ4n) is 1.24. The minimum atomic E-state index is -0.344. The van der Waals surface area contributed by atoms with Gasteiger partial charge in [0.15, 0.2) is 0 Å². The van der Waals surface area contributed by atoms with Crippen molar-refractivity contribution in [2.75, 3.05) is 0 Å². The van der Waals surface area contributed by atoms with Gasteiger partial charge in [0.25, 0.3) is 11.8 Å². The summed E-state index contributed by atoms with van der Waals surface area (Å²) in [5.41, 5.74) is 1.21. The van der Waals surface area contributed by atoms with Crippen molar-refractivity contribution < 1.29 is 9.59 Å². The van der Waals surface area contributed by atoms with E-state index in [-0.39, 0.29) is 11.8 Å². The fraction of sp³-hybridized carbons (Fsp3) is 0. The molecule has 2 rings (SSSR count). The summed E-state index contributed by atoms with van der Waals surface area (Å²) in [7, 11) is 0. The van der Waals surface area contributed by atoms with Gasteiger partial charge >= 0.3 is 0 Å². The average Bonchev–Trinajstić information content (AvgIpc) is 2.62. The number of benzene rings is 1. The number of amides is 2. The second kappa shape index (κ2) is 5.04. The van der Waals surface area contributed by atoms with Crippen LogP contribution in [0.25, 0.3) is 5.57 Å². The van der Waals surface area contributed by atoms with Gasteiger partial charge in [-0.2, -0.15) is 0 Å². The fourth-order valence-corrected chi connectivity index (χ4v) is 1.24. The van der Waals surface area contributed by atoms with Gasteiger partial charge < -0.3 is 0 Å². The Morgan fingerprint density at radius 1 is 1.00 bits per heavy atom. The summed E-state index contributed by atoms with van der Waals surface area (Å²) >= 11 is 0. The number of nitrogens with one attached hydrogen (secondary N) is 1. The van der Waals surface area contributed by atoms with E-state index in [2.05, 4.69) is 17.0 Å². The zero-order chi connectivity index (χ0) is 11.3. The quantitative estimate of drug-likeness (QED) is 0.328. The average molecular weight is 205 g/mol. The molecular formula is C10H11N3O2. The molecule has 2 amide bonds. The third kappa shape index (κ3) is 2.49. The van der Waals surface area contributed by atoms with Crippen molar-refractivity contribution in [3.8, 4) is 0 Å². The molecule has 0 aliphatic carbocycles. The highest BCUT2D eigenvalue weighted by atomic mass is 16.2. The first kappa shape index (κ1) is 11.1. The Hall–Kier alpha value is -1.98. The zero-order valence-corrected chi connectivity index (χ0v) is 7.94. The second-order valence-electron chi connectivity index (χ2n) is 2.74. The van der Waals surface area contributed by atoms with Crippen LogP contribution >= 0.6 is 0 Å². The van der Waals surface area contributed by atoms with Crippen LogP contribution in [-0.2, 0) is 9.59 Å². The molecule has 0 aromatic heterocycles. The summed E-state index contributed by atoms with van der Waals surface area (Å²) in [6.07, 6.45) is 1.32. The molecule has 1 aliphatic heterocycles. The van der Waals surface area contributed by atoms with Crippen LogP contribution < -0.4 is 17.0 Å². The molecule has 0 saturated heterocycles. The maximum absolute atomic E-state index is 11.2. The normalized spacial score (nSPS) is 13.9. The lowest BCUT2D eigenvalue weighted by molar-refractivity contribution is -0.123. The van der Waals surface area contributed by atoms with E-state index in [1.165, 1.54) is 6.08 Å². The van der Waals surface area contributed by atoms with E-state index in [1.807, 2.05) is 18.2 Å². The van der Waals surface area contributed by atoms with Crippen LogP contribution in [0.15, 0.2) is 36.4 Å². The molecule has 5 heteroatoms. The lowest BCUT2D eigenvalue weighted by Crippen LogP contribution is -2.21. The lowest BCUT2D eigenvalue weighted by Gasteiger charge is -1.97. The summed E-state index contributed by atoms with van der Waals surface area (Å²) < 4.78 is 0. The summed E-state index contributed by atoms with van der Waals surface area (Å²) in [5, 5.41) is 2.19. The predicted molar refractivity (Wildman–Crippen MR) is 55.9 cm³/mol. The molecule has 1 aliphatic rings. The van der Waals surface area contributed by atoms with E-state index in [4.69, 9.17) is 0 Å². The Morgan fingerprint density at radius 2 is 1.60 bits per heavy atom. The Bertz CT molecular complexity index is 398. The molecule has 1 heterocycles.